The van der Waals surface area contributed by atoms with E-state index in [2.05, 4.69) is 6.92 Å². The molecule has 8 unspecified atom stereocenters. The van der Waals surface area contributed by atoms with Gasteiger partial charge in [0.25, 0.3) is 0 Å². The van der Waals surface area contributed by atoms with Crippen LogP contribution >= 0.6 is 11.6 Å². The molecule has 0 aromatic heterocycles. The summed E-state index contributed by atoms with van der Waals surface area (Å²) in [6, 6.07) is 6.73. The van der Waals surface area contributed by atoms with Crippen LogP contribution in [0.15, 0.2) is 48.1 Å². The lowest BCUT2D eigenvalue weighted by Crippen LogP contribution is -2.44. The second-order valence-electron chi connectivity index (χ2n) is 10.0. The highest BCUT2D eigenvalue weighted by Gasteiger charge is 2.42. The van der Waals surface area contributed by atoms with Gasteiger partial charge in [-0.05, 0) is 67.4 Å². The lowest BCUT2D eigenvalue weighted by atomic mass is 9.66. The number of ether oxygens (including phenoxy) is 2. The molecule has 0 bridgehead atoms. The van der Waals surface area contributed by atoms with Crippen LogP contribution < -0.4 is 4.74 Å². The predicted molar refractivity (Wildman–Crippen MR) is 138 cm³/mol. The lowest BCUT2D eigenvalue weighted by molar-refractivity contribution is -0.163. The van der Waals surface area contributed by atoms with E-state index < -0.39 is 48.9 Å². The average Bonchev–Trinajstić information content (AvgIpc) is 2.82. The number of benzene rings is 1. The van der Waals surface area contributed by atoms with Gasteiger partial charge in [-0.2, -0.15) is 0 Å². The number of carboxylic acid groups (broad SMARTS) is 1. The largest absolute Gasteiger partial charge is 0.481 e. The number of aliphatic hydroxyl groups excluding tert-OH is 3. The molecule has 2 aliphatic rings. The summed E-state index contributed by atoms with van der Waals surface area (Å²) in [6.45, 7) is 3.89. The molecule has 2 aliphatic carbocycles. The lowest BCUT2D eigenvalue weighted by Gasteiger charge is -2.43. The van der Waals surface area contributed by atoms with Crippen molar-refractivity contribution in [2.24, 2.45) is 17.8 Å². The molecule has 1 aromatic rings. The molecular weight excluding hydrogens is 500 g/mol. The molecule has 0 saturated heterocycles. The van der Waals surface area contributed by atoms with Crippen LogP contribution in [0.4, 0.5) is 0 Å². The van der Waals surface area contributed by atoms with Crippen LogP contribution in [0.2, 0.25) is 5.02 Å². The Balaban J connectivity index is 1.70. The minimum absolute atomic E-state index is 0.0186. The third-order valence-corrected chi connectivity index (χ3v) is 7.41. The van der Waals surface area contributed by atoms with E-state index in [0.717, 1.165) is 5.57 Å². The standard InChI is InChI=1S/C28H37ClO8/c1-3-24(36-22-9-6-18(29)7-10-22)28(35)37-25-14-20(31)12-17-5-4-16(2)23(27(17)25)11-8-19(30)13-21(32)15-26(33)34/h4-7,9-10,12,16,19-21,23-25,27,30-32H,3,8,11,13-15H2,1-2H3,(H,33,34). The van der Waals surface area contributed by atoms with Gasteiger partial charge in [0.2, 0.25) is 0 Å². The van der Waals surface area contributed by atoms with Crippen molar-refractivity contribution >= 4 is 23.5 Å². The van der Waals surface area contributed by atoms with E-state index in [1.54, 1.807) is 30.3 Å². The molecule has 3 rings (SSSR count). The summed E-state index contributed by atoms with van der Waals surface area (Å²) in [4.78, 5) is 24.0. The van der Waals surface area contributed by atoms with Gasteiger partial charge in [0.1, 0.15) is 11.9 Å². The van der Waals surface area contributed by atoms with Crippen LogP contribution in [0, 0.1) is 17.8 Å². The fourth-order valence-corrected chi connectivity index (χ4v) is 5.41. The maximum atomic E-state index is 13.2. The number of carboxylic acids is 1. The fraction of sp³-hybridized carbons (Fsp3) is 0.571. The highest BCUT2D eigenvalue weighted by atomic mass is 35.5. The van der Waals surface area contributed by atoms with Gasteiger partial charge in [0.15, 0.2) is 6.10 Å². The van der Waals surface area contributed by atoms with Gasteiger partial charge < -0.3 is 29.9 Å². The van der Waals surface area contributed by atoms with Gasteiger partial charge in [-0.25, -0.2) is 4.79 Å². The van der Waals surface area contributed by atoms with Crippen molar-refractivity contribution in [2.45, 2.75) is 82.9 Å². The van der Waals surface area contributed by atoms with E-state index in [1.807, 2.05) is 19.1 Å². The third kappa shape index (κ3) is 8.30. The molecule has 0 aliphatic heterocycles. The van der Waals surface area contributed by atoms with Crippen LogP contribution in [0.5, 0.6) is 5.75 Å². The first-order valence-corrected chi connectivity index (χ1v) is 13.2. The summed E-state index contributed by atoms with van der Waals surface area (Å²) in [5, 5.41) is 40.2. The second-order valence-corrected chi connectivity index (χ2v) is 10.5. The number of esters is 1. The van der Waals surface area contributed by atoms with E-state index in [0.29, 0.717) is 30.0 Å². The van der Waals surface area contributed by atoms with Crippen LogP contribution in [0.3, 0.4) is 0 Å². The van der Waals surface area contributed by atoms with Crippen molar-refractivity contribution in [3.05, 3.63) is 53.1 Å². The van der Waals surface area contributed by atoms with Crippen LogP contribution in [-0.2, 0) is 14.3 Å². The van der Waals surface area contributed by atoms with Crippen molar-refractivity contribution in [1.29, 1.82) is 0 Å². The Bertz CT molecular complexity index is 975. The minimum Gasteiger partial charge on any atom is -0.481 e. The molecule has 1 aromatic carbocycles. The van der Waals surface area contributed by atoms with Crippen molar-refractivity contribution in [2.75, 3.05) is 0 Å². The molecule has 9 heteroatoms. The number of carbonyl (C=O) groups is 2. The Labute approximate surface area is 222 Å². The number of carbonyl (C=O) groups excluding carboxylic acids is 1. The first-order valence-electron chi connectivity index (χ1n) is 12.9. The summed E-state index contributed by atoms with van der Waals surface area (Å²) in [5.74, 6) is -1.14. The van der Waals surface area contributed by atoms with E-state index in [1.165, 1.54) is 0 Å². The Morgan fingerprint density at radius 2 is 1.86 bits per heavy atom. The van der Waals surface area contributed by atoms with Gasteiger partial charge in [-0.1, -0.05) is 43.7 Å². The number of hydrogen-bond acceptors (Lipinski definition) is 7. The summed E-state index contributed by atoms with van der Waals surface area (Å²) in [5.41, 5.74) is 0.895. The number of aliphatic hydroxyl groups is 3. The van der Waals surface area contributed by atoms with E-state index >= 15 is 0 Å². The van der Waals surface area contributed by atoms with Crippen LogP contribution in [0.1, 0.15) is 52.4 Å². The Morgan fingerprint density at radius 1 is 1.16 bits per heavy atom. The molecule has 0 saturated carbocycles. The van der Waals surface area contributed by atoms with Gasteiger partial charge in [0, 0.05) is 17.4 Å². The van der Waals surface area contributed by atoms with Crippen LogP contribution in [-0.4, -0.2) is 62.9 Å². The number of hydrogen-bond donors (Lipinski definition) is 4. The molecular formula is C28H37ClO8. The monoisotopic (exact) mass is 536 g/mol. The van der Waals surface area contributed by atoms with Gasteiger partial charge in [-0.15, -0.1) is 0 Å². The first-order chi connectivity index (χ1) is 17.6. The topological polar surface area (TPSA) is 134 Å². The van der Waals surface area contributed by atoms with E-state index in [4.69, 9.17) is 26.2 Å². The molecule has 204 valence electrons. The zero-order valence-corrected chi connectivity index (χ0v) is 22.0. The SMILES string of the molecule is CCC(Oc1ccc(Cl)cc1)C(=O)OC1CC(O)C=C2C=CC(C)C(CCC(O)CC(O)CC(=O)O)C21. The van der Waals surface area contributed by atoms with E-state index in [9.17, 15) is 24.9 Å². The highest BCUT2D eigenvalue weighted by molar-refractivity contribution is 6.30. The summed E-state index contributed by atoms with van der Waals surface area (Å²) in [6.07, 6.45) is 2.86. The second kappa shape index (κ2) is 13.4. The summed E-state index contributed by atoms with van der Waals surface area (Å²) >= 11 is 5.93. The van der Waals surface area contributed by atoms with Crippen molar-refractivity contribution in [3.8, 4) is 5.75 Å². The number of fused-ring (bicyclic) bond motifs is 1. The normalized spacial score (nSPS) is 27.4. The quantitative estimate of drug-likeness (QED) is 0.295. The van der Waals surface area contributed by atoms with Gasteiger partial charge in [0.05, 0.1) is 24.7 Å². The molecule has 37 heavy (non-hydrogen) atoms. The van der Waals surface area contributed by atoms with Crippen molar-refractivity contribution in [3.63, 3.8) is 0 Å². The zero-order chi connectivity index (χ0) is 27.1. The molecule has 8 nitrogen and oxygen atoms in total. The van der Waals surface area contributed by atoms with Gasteiger partial charge >= 0.3 is 11.9 Å². The first kappa shape index (κ1) is 29.2. The number of aliphatic carboxylic acids is 1. The Hall–Kier alpha value is -2.39. The maximum absolute atomic E-state index is 13.2. The Morgan fingerprint density at radius 3 is 2.51 bits per heavy atom. The van der Waals surface area contributed by atoms with Crippen molar-refractivity contribution in [1.82, 2.24) is 0 Å². The smallest absolute Gasteiger partial charge is 0.347 e. The molecule has 0 heterocycles. The molecule has 0 spiro atoms. The summed E-state index contributed by atoms with van der Waals surface area (Å²) < 4.78 is 11.8. The van der Waals surface area contributed by atoms with Crippen LogP contribution in [0.25, 0.3) is 0 Å². The number of allylic oxidation sites excluding steroid dienone is 2. The van der Waals surface area contributed by atoms with Crippen molar-refractivity contribution < 1.29 is 39.5 Å². The number of halogens is 1. The van der Waals surface area contributed by atoms with E-state index in [-0.39, 0.29) is 30.6 Å². The molecule has 0 radical (unpaired) electrons. The molecule has 4 N–H and O–H groups in total. The molecule has 8 atom stereocenters. The zero-order valence-electron chi connectivity index (χ0n) is 21.2. The van der Waals surface area contributed by atoms with Gasteiger partial charge in [-0.3, -0.25) is 4.79 Å². The Kier molecular flexibility index (Phi) is 10.6. The maximum Gasteiger partial charge on any atom is 0.347 e. The highest BCUT2D eigenvalue weighted by Crippen LogP contribution is 2.44. The summed E-state index contributed by atoms with van der Waals surface area (Å²) in [7, 11) is 0. The third-order valence-electron chi connectivity index (χ3n) is 7.15. The minimum atomic E-state index is -1.11. The fourth-order valence-electron chi connectivity index (χ4n) is 5.29. The molecule has 0 amide bonds. The average molecular weight is 537 g/mol. The molecule has 0 fully saturated rings. The number of rotatable bonds is 12. The predicted octanol–water partition coefficient (Wildman–Crippen LogP) is 3.91.